The molecule has 0 saturated carbocycles. The summed E-state index contributed by atoms with van der Waals surface area (Å²) in [7, 11) is 1.67. The summed E-state index contributed by atoms with van der Waals surface area (Å²) < 4.78 is 18.5. The van der Waals surface area contributed by atoms with Crippen LogP contribution in [0.2, 0.25) is 0 Å². The molecule has 0 fully saturated rings. The molecule has 1 aromatic heterocycles. The predicted octanol–water partition coefficient (Wildman–Crippen LogP) is 5.71. The lowest BCUT2D eigenvalue weighted by atomic mass is 9.98. The van der Waals surface area contributed by atoms with Gasteiger partial charge in [0.15, 0.2) is 16.9 Å². The lowest BCUT2D eigenvalue weighted by molar-refractivity contribution is 0.0771. The molecule has 0 aliphatic carbocycles. The van der Waals surface area contributed by atoms with Gasteiger partial charge in [-0.3, -0.25) is 9.59 Å². The Morgan fingerprint density at radius 2 is 1.76 bits per heavy atom. The maximum atomic E-state index is 13.5. The van der Waals surface area contributed by atoms with Gasteiger partial charge in [0.1, 0.15) is 12.2 Å². The summed E-state index contributed by atoms with van der Waals surface area (Å²) in [4.78, 5) is 28.0. The third kappa shape index (κ3) is 3.86. The molecule has 3 aromatic carbocycles. The highest BCUT2D eigenvalue weighted by Crippen LogP contribution is 2.40. The minimum atomic E-state index is -0.593. The maximum Gasteiger partial charge on any atom is 0.290 e. The zero-order valence-corrected chi connectivity index (χ0v) is 20.3. The molecule has 1 amide bonds. The Balaban J connectivity index is 1.57. The van der Waals surface area contributed by atoms with Crippen LogP contribution in [0.4, 0.5) is 0 Å². The first-order chi connectivity index (χ1) is 16.5. The average molecular weight is 520 g/mol. The van der Waals surface area contributed by atoms with Gasteiger partial charge in [-0.05, 0) is 48.4 Å². The van der Waals surface area contributed by atoms with E-state index in [4.69, 9.17) is 13.9 Å². The molecule has 34 heavy (non-hydrogen) atoms. The summed E-state index contributed by atoms with van der Waals surface area (Å²) in [6.45, 7) is 2.74. The molecular weight excluding hydrogens is 498 g/mol. The molecule has 7 heteroatoms. The molecule has 0 spiro atoms. The van der Waals surface area contributed by atoms with Gasteiger partial charge in [-0.15, -0.1) is 0 Å². The second kappa shape index (κ2) is 8.99. The summed E-state index contributed by atoms with van der Waals surface area (Å²) in [5.74, 6) is 0.897. The van der Waals surface area contributed by atoms with Gasteiger partial charge in [0.25, 0.3) is 5.91 Å². The highest BCUT2D eigenvalue weighted by atomic mass is 79.9. The third-order valence-electron chi connectivity index (χ3n) is 5.88. The van der Waals surface area contributed by atoms with E-state index >= 15 is 0 Å². The molecule has 0 N–H and O–H groups in total. The number of hydrogen-bond acceptors (Lipinski definition) is 5. The van der Waals surface area contributed by atoms with Crippen molar-refractivity contribution in [3.05, 3.63) is 104 Å². The summed E-state index contributed by atoms with van der Waals surface area (Å²) >= 11 is 3.41. The third-order valence-corrected chi connectivity index (χ3v) is 6.38. The number of benzene rings is 3. The zero-order chi connectivity index (χ0) is 23.8. The summed E-state index contributed by atoms with van der Waals surface area (Å²) in [6.07, 6.45) is 0. The molecule has 4 aromatic rings. The van der Waals surface area contributed by atoms with Crippen LogP contribution in [0.5, 0.6) is 11.5 Å². The lowest BCUT2D eigenvalue weighted by Gasteiger charge is -2.22. The van der Waals surface area contributed by atoms with Crippen molar-refractivity contribution in [1.82, 2.24) is 4.90 Å². The second-order valence-electron chi connectivity index (χ2n) is 8.05. The molecule has 1 unspecified atom stereocenters. The van der Waals surface area contributed by atoms with Gasteiger partial charge >= 0.3 is 0 Å². The first-order valence-electron chi connectivity index (χ1n) is 10.9. The Bertz CT molecular complexity index is 1450. The number of hydrogen-bond donors (Lipinski definition) is 0. The van der Waals surface area contributed by atoms with E-state index in [0.29, 0.717) is 41.2 Å². The predicted molar refractivity (Wildman–Crippen MR) is 133 cm³/mol. The maximum absolute atomic E-state index is 13.5. The van der Waals surface area contributed by atoms with E-state index in [2.05, 4.69) is 15.9 Å². The van der Waals surface area contributed by atoms with Crippen LogP contribution in [0.1, 0.15) is 40.2 Å². The van der Waals surface area contributed by atoms with E-state index in [1.807, 2.05) is 55.5 Å². The van der Waals surface area contributed by atoms with Gasteiger partial charge in [-0.25, -0.2) is 0 Å². The topological polar surface area (TPSA) is 69.0 Å². The van der Waals surface area contributed by atoms with E-state index in [0.717, 1.165) is 15.6 Å². The molecule has 1 atom stereocenters. The second-order valence-corrected chi connectivity index (χ2v) is 8.96. The van der Waals surface area contributed by atoms with E-state index in [1.165, 1.54) is 4.90 Å². The summed E-state index contributed by atoms with van der Waals surface area (Å²) in [5.41, 5.74) is 2.28. The van der Waals surface area contributed by atoms with Crippen LogP contribution in [0.3, 0.4) is 0 Å². The van der Waals surface area contributed by atoms with Crippen molar-refractivity contribution in [3.63, 3.8) is 0 Å². The molecule has 1 aliphatic heterocycles. The molecule has 0 saturated heterocycles. The molecule has 6 nitrogen and oxygen atoms in total. The first-order valence-corrected chi connectivity index (χ1v) is 11.7. The molecule has 172 valence electrons. The minimum absolute atomic E-state index is 0.0784. The highest BCUT2D eigenvalue weighted by Gasteiger charge is 2.41. The van der Waals surface area contributed by atoms with Gasteiger partial charge in [0, 0.05) is 11.5 Å². The van der Waals surface area contributed by atoms with Crippen LogP contribution in [-0.2, 0) is 6.61 Å². The fourth-order valence-corrected chi connectivity index (χ4v) is 4.63. The van der Waals surface area contributed by atoms with Gasteiger partial charge in [0.05, 0.1) is 23.6 Å². The summed E-state index contributed by atoms with van der Waals surface area (Å²) in [6, 6.07) is 20.0. The zero-order valence-electron chi connectivity index (χ0n) is 18.7. The largest absolute Gasteiger partial charge is 0.490 e. The monoisotopic (exact) mass is 519 g/mol. The number of carbonyl (C=O) groups is 1. The van der Waals surface area contributed by atoms with Crippen LogP contribution >= 0.6 is 15.9 Å². The number of nitrogens with zero attached hydrogens (tertiary/aromatic N) is 1. The Morgan fingerprint density at radius 3 is 2.53 bits per heavy atom. The van der Waals surface area contributed by atoms with Crippen LogP contribution in [-0.4, -0.2) is 24.5 Å². The van der Waals surface area contributed by atoms with Crippen molar-refractivity contribution in [1.29, 1.82) is 0 Å². The average Bonchev–Trinajstić information content (AvgIpc) is 3.10. The Hall–Kier alpha value is -3.58. The van der Waals surface area contributed by atoms with Gasteiger partial charge in [0.2, 0.25) is 5.76 Å². The smallest absolute Gasteiger partial charge is 0.290 e. The fourth-order valence-electron chi connectivity index (χ4n) is 4.27. The van der Waals surface area contributed by atoms with E-state index in [-0.39, 0.29) is 17.1 Å². The lowest BCUT2D eigenvalue weighted by Crippen LogP contribution is -2.25. The fraction of sp³-hybridized carbons (Fsp3) is 0.185. The number of rotatable bonds is 6. The van der Waals surface area contributed by atoms with Gasteiger partial charge in [-0.1, -0.05) is 52.3 Å². The van der Waals surface area contributed by atoms with Crippen molar-refractivity contribution in [3.8, 4) is 11.5 Å². The van der Waals surface area contributed by atoms with Crippen LogP contribution in [0.15, 0.2) is 80.4 Å². The first kappa shape index (κ1) is 22.2. The SMILES string of the molecule is CCOc1cc(C2c3c(oc4ccc(Br)cc4c3=O)C(=O)N2C)ccc1OCc1ccccc1. The van der Waals surface area contributed by atoms with E-state index < -0.39 is 6.04 Å². The summed E-state index contributed by atoms with van der Waals surface area (Å²) in [5, 5.41) is 0.425. The Kier molecular flexibility index (Phi) is 5.87. The van der Waals surface area contributed by atoms with Gasteiger partial charge in [-0.2, -0.15) is 0 Å². The number of amides is 1. The normalized spacial score (nSPS) is 15.0. The van der Waals surface area contributed by atoms with Crippen LogP contribution < -0.4 is 14.9 Å². The number of ether oxygens (including phenoxy) is 2. The van der Waals surface area contributed by atoms with Crippen molar-refractivity contribution >= 4 is 32.8 Å². The van der Waals surface area contributed by atoms with Crippen molar-refractivity contribution in [2.45, 2.75) is 19.6 Å². The number of halogens is 1. The van der Waals surface area contributed by atoms with Crippen molar-refractivity contribution < 1.29 is 18.7 Å². The molecule has 0 bridgehead atoms. The Labute approximate surface area is 204 Å². The highest BCUT2D eigenvalue weighted by molar-refractivity contribution is 9.10. The van der Waals surface area contributed by atoms with E-state index in [1.54, 1.807) is 25.2 Å². The quantitative estimate of drug-likeness (QED) is 0.326. The molecule has 1 aliphatic rings. The molecule has 0 radical (unpaired) electrons. The standard InChI is InChI=1S/C27H22BrNO5/c1-3-32-22-13-17(9-11-21(22)33-15-16-7-5-4-6-8-16)24-23-25(30)19-14-18(28)10-12-20(19)34-26(23)27(31)29(24)2/h4-14,24H,3,15H2,1-2H3. The van der Waals surface area contributed by atoms with Crippen LogP contribution in [0, 0.1) is 0 Å². The van der Waals surface area contributed by atoms with Crippen LogP contribution in [0.25, 0.3) is 11.0 Å². The van der Waals surface area contributed by atoms with Gasteiger partial charge < -0.3 is 18.8 Å². The van der Waals surface area contributed by atoms with E-state index in [9.17, 15) is 9.59 Å². The minimum Gasteiger partial charge on any atom is -0.490 e. The number of carbonyl (C=O) groups excluding carboxylic acids is 1. The molecule has 2 heterocycles. The molecular formula is C27H22BrNO5. The number of fused-ring (bicyclic) bond motifs is 2. The Morgan fingerprint density at radius 1 is 0.971 bits per heavy atom. The van der Waals surface area contributed by atoms with Crippen molar-refractivity contribution in [2.75, 3.05) is 13.7 Å². The van der Waals surface area contributed by atoms with Crippen molar-refractivity contribution in [2.24, 2.45) is 0 Å². The molecule has 5 rings (SSSR count).